The van der Waals surface area contributed by atoms with Crippen LogP contribution in [0.15, 0.2) is 28.9 Å². The monoisotopic (exact) mass is 331 g/mol. The molecule has 0 saturated carbocycles. The van der Waals surface area contributed by atoms with Crippen LogP contribution in [0.3, 0.4) is 0 Å². The Bertz CT molecular complexity index is 715. The third-order valence-corrected chi connectivity index (χ3v) is 3.69. The molecule has 0 unspecified atom stereocenters. The Hall–Kier alpha value is -2.41. The summed E-state index contributed by atoms with van der Waals surface area (Å²) in [6.07, 6.45) is 2.35. The second-order valence-electron chi connectivity index (χ2n) is 6.77. The van der Waals surface area contributed by atoms with E-state index >= 15 is 0 Å². The van der Waals surface area contributed by atoms with Gasteiger partial charge in [0.05, 0.1) is 18.9 Å². The average Bonchev–Trinajstić information content (AvgIpc) is 3.18. The Balaban J connectivity index is 1.67. The van der Waals surface area contributed by atoms with E-state index in [2.05, 4.69) is 15.5 Å². The number of pyridine rings is 1. The van der Waals surface area contributed by atoms with Crippen molar-refractivity contribution in [3.8, 4) is 5.88 Å². The lowest BCUT2D eigenvalue weighted by molar-refractivity contribution is 0.102. The highest BCUT2D eigenvalue weighted by Crippen LogP contribution is 2.24. The molecule has 7 nitrogen and oxygen atoms in total. The van der Waals surface area contributed by atoms with Gasteiger partial charge in [0.15, 0.2) is 0 Å². The Morgan fingerprint density at radius 3 is 2.88 bits per heavy atom. The van der Waals surface area contributed by atoms with Crippen molar-refractivity contribution < 1.29 is 18.8 Å². The first kappa shape index (κ1) is 16.4. The summed E-state index contributed by atoms with van der Waals surface area (Å²) in [4.78, 5) is 16.5. The third-order valence-electron chi connectivity index (χ3n) is 3.69. The SMILES string of the molecule is CC(C)(C)c1cc(NC(=O)c2ccnc(O[C@H]3CCOC3)c2)on1. The van der Waals surface area contributed by atoms with Gasteiger partial charge in [0.2, 0.25) is 11.8 Å². The Morgan fingerprint density at radius 1 is 1.38 bits per heavy atom. The number of nitrogens with one attached hydrogen (secondary N) is 1. The summed E-state index contributed by atoms with van der Waals surface area (Å²) in [6.45, 7) is 7.30. The van der Waals surface area contributed by atoms with Gasteiger partial charge >= 0.3 is 0 Å². The number of hydrogen-bond donors (Lipinski definition) is 1. The average molecular weight is 331 g/mol. The number of ether oxygens (including phenoxy) is 2. The van der Waals surface area contributed by atoms with Gasteiger partial charge in [-0.25, -0.2) is 4.98 Å². The largest absolute Gasteiger partial charge is 0.472 e. The smallest absolute Gasteiger partial charge is 0.258 e. The van der Waals surface area contributed by atoms with Crippen molar-refractivity contribution in [1.82, 2.24) is 10.1 Å². The highest BCUT2D eigenvalue weighted by molar-refractivity contribution is 6.03. The van der Waals surface area contributed by atoms with Crippen molar-refractivity contribution >= 4 is 11.8 Å². The highest BCUT2D eigenvalue weighted by Gasteiger charge is 2.21. The van der Waals surface area contributed by atoms with Gasteiger partial charge in [-0.15, -0.1) is 0 Å². The van der Waals surface area contributed by atoms with E-state index < -0.39 is 0 Å². The second-order valence-corrected chi connectivity index (χ2v) is 6.77. The van der Waals surface area contributed by atoms with Crippen LogP contribution in [0.2, 0.25) is 0 Å². The number of carbonyl (C=O) groups excluding carboxylic acids is 1. The molecule has 24 heavy (non-hydrogen) atoms. The Kier molecular flexibility index (Phi) is 4.53. The molecule has 3 rings (SSSR count). The maximum atomic E-state index is 12.4. The van der Waals surface area contributed by atoms with Gasteiger partial charge in [-0.2, -0.15) is 0 Å². The molecule has 1 fully saturated rings. The van der Waals surface area contributed by atoms with E-state index in [0.717, 1.165) is 12.1 Å². The molecule has 0 aromatic carbocycles. The Labute approximate surface area is 140 Å². The summed E-state index contributed by atoms with van der Waals surface area (Å²) in [5.74, 6) is 0.418. The molecule has 0 aliphatic carbocycles. The maximum Gasteiger partial charge on any atom is 0.258 e. The van der Waals surface area contributed by atoms with Crippen molar-refractivity contribution in [2.45, 2.75) is 38.7 Å². The fourth-order valence-corrected chi connectivity index (χ4v) is 2.26. The van der Waals surface area contributed by atoms with E-state index in [-0.39, 0.29) is 17.4 Å². The van der Waals surface area contributed by atoms with Crippen LogP contribution in [-0.2, 0) is 10.2 Å². The summed E-state index contributed by atoms with van der Waals surface area (Å²) in [5, 5.41) is 6.67. The van der Waals surface area contributed by atoms with E-state index in [4.69, 9.17) is 14.0 Å². The quantitative estimate of drug-likeness (QED) is 0.927. The molecule has 1 atom stereocenters. The molecule has 1 aliphatic rings. The van der Waals surface area contributed by atoms with Gasteiger partial charge < -0.3 is 14.0 Å². The molecule has 1 saturated heterocycles. The molecule has 0 radical (unpaired) electrons. The highest BCUT2D eigenvalue weighted by atomic mass is 16.5. The van der Waals surface area contributed by atoms with E-state index in [1.54, 1.807) is 24.4 Å². The van der Waals surface area contributed by atoms with Gasteiger partial charge in [0.25, 0.3) is 5.91 Å². The molecule has 2 aromatic rings. The van der Waals surface area contributed by atoms with E-state index in [1.165, 1.54) is 0 Å². The predicted molar refractivity (Wildman–Crippen MR) is 87.2 cm³/mol. The predicted octanol–water partition coefficient (Wildman–Crippen LogP) is 2.79. The summed E-state index contributed by atoms with van der Waals surface area (Å²) in [5.41, 5.74) is 1.07. The van der Waals surface area contributed by atoms with Crippen LogP contribution in [0.1, 0.15) is 43.2 Å². The van der Waals surface area contributed by atoms with Gasteiger partial charge in [0, 0.05) is 35.7 Å². The molecule has 0 spiro atoms. The normalized spacial score (nSPS) is 17.7. The molecule has 1 N–H and O–H groups in total. The summed E-state index contributed by atoms with van der Waals surface area (Å²) < 4.78 is 16.2. The molecule has 128 valence electrons. The molecule has 3 heterocycles. The maximum absolute atomic E-state index is 12.4. The van der Waals surface area contributed by atoms with Crippen LogP contribution < -0.4 is 10.1 Å². The van der Waals surface area contributed by atoms with Crippen LogP contribution in [0.4, 0.5) is 5.88 Å². The van der Waals surface area contributed by atoms with Crippen LogP contribution in [0, 0.1) is 0 Å². The van der Waals surface area contributed by atoms with E-state index in [0.29, 0.717) is 30.5 Å². The Morgan fingerprint density at radius 2 is 2.21 bits per heavy atom. The van der Waals surface area contributed by atoms with Crippen LogP contribution in [0.5, 0.6) is 5.88 Å². The molecule has 7 heteroatoms. The first-order valence-electron chi connectivity index (χ1n) is 7.91. The molecule has 1 amide bonds. The minimum atomic E-state index is -0.304. The van der Waals surface area contributed by atoms with Crippen molar-refractivity contribution in [3.63, 3.8) is 0 Å². The van der Waals surface area contributed by atoms with Gasteiger partial charge in [-0.1, -0.05) is 25.9 Å². The first-order chi connectivity index (χ1) is 11.4. The van der Waals surface area contributed by atoms with Gasteiger partial charge in [-0.05, 0) is 6.07 Å². The fraction of sp³-hybridized carbons (Fsp3) is 0.471. The number of aromatic nitrogens is 2. The molecular weight excluding hydrogens is 310 g/mol. The molecule has 1 aliphatic heterocycles. The first-order valence-corrected chi connectivity index (χ1v) is 7.91. The van der Waals surface area contributed by atoms with Crippen molar-refractivity contribution in [2.75, 3.05) is 18.5 Å². The lowest BCUT2D eigenvalue weighted by Gasteiger charge is -2.12. The summed E-state index contributed by atoms with van der Waals surface area (Å²) in [6, 6.07) is 4.95. The molecule has 2 aromatic heterocycles. The van der Waals surface area contributed by atoms with Crippen molar-refractivity contribution in [3.05, 3.63) is 35.7 Å². The van der Waals surface area contributed by atoms with Gasteiger partial charge in [0.1, 0.15) is 6.10 Å². The topological polar surface area (TPSA) is 86.5 Å². The van der Waals surface area contributed by atoms with Crippen molar-refractivity contribution in [2.24, 2.45) is 0 Å². The lowest BCUT2D eigenvalue weighted by atomic mass is 9.92. The molecule has 0 bridgehead atoms. The number of nitrogens with zero attached hydrogens (tertiary/aromatic N) is 2. The minimum absolute atomic E-state index is 0.0144. The minimum Gasteiger partial charge on any atom is -0.472 e. The zero-order chi connectivity index (χ0) is 17.2. The summed E-state index contributed by atoms with van der Waals surface area (Å²) in [7, 11) is 0. The number of amides is 1. The number of hydrogen-bond acceptors (Lipinski definition) is 6. The second kappa shape index (κ2) is 6.60. The number of rotatable bonds is 4. The van der Waals surface area contributed by atoms with E-state index in [9.17, 15) is 4.79 Å². The third kappa shape index (κ3) is 3.91. The van der Waals surface area contributed by atoms with Gasteiger partial charge in [-0.3, -0.25) is 10.1 Å². The van der Waals surface area contributed by atoms with Crippen molar-refractivity contribution in [1.29, 1.82) is 0 Å². The zero-order valence-corrected chi connectivity index (χ0v) is 14.0. The van der Waals surface area contributed by atoms with Crippen LogP contribution in [0.25, 0.3) is 0 Å². The molecular formula is C17H21N3O4. The van der Waals surface area contributed by atoms with E-state index in [1.807, 2.05) is 20.8 Å². The summed E-state index contributed by atoms with van der Waals surface area (Å²) >= 11 is 0. The fourth-order valence-electron chi connectivity index (χ4n) is 2.26. The van der Waals surface area contributed by atoms with Crippen LogP contribution >= 0.6 is 0 Å². The zero-order valence-electron chi connectivity index (χ0n) is 14.0. The van der Waals surface area contributed by atoms with Crippen LogP contribution in [-0.4, -0.2) is 35.4 Å². The number of anilines is 1. The standard InChI is InChI=1S/C17H21N3O4/c1-17(2,3)13-9-15(24-20-13)19-16(21)11-4-6-18-14(8-11)23-12-5-7-22-10-12/h4,6,8-9,12H,5,7,10H2,1-3H3,(H,19,21)/t12-/m0/s1. The number of carbonyl (C=O) groups is 1. The lowest BCUT2D eigenvalue weighted by Crippen LogP contribution is -2.17.